The molecule has 0 saturated carbocycles. The topological polar surface area (TPSA) is 93.0 Å². The molecular weight excluding hydrogens is 342 g/mol. The predicted octanol–water partition coefficient (Wildman–Crippen LogP) is 0.919. The number of likely N-dealkylation sites (tertiary alicyclic amines) is 1. The van der Waals surface area contributed by atoms with Gasteiger partial charge in [0.2, 0.25) is 5.91 Å². The Morgan fingerprint density at radius 1 is 1.32 bits per heavy atom. The number of aryl methyl sites for hydroxylation is 1. The maximum Gasteiger partial charge on any atom is 0.343 e. The van der Waals surface area contributed by atoms with E-state index in [-0.39, 0.29) is 22.4 Å². The van der Waals surface area contributed by atoms with E-state index in [9.17, 15) is 14.4 Å². The van der Waals surface area contributed by atoms with Gasteiger partial charge in [0.1, 0.15) is 5.82 Å². The van der Waals surface area contributed by atoms with Gasteiger partial charge in [-0.1, -0.05) is 11.3 Å². The quantitative estimate of drug-likeness (QED) is 0.853. The summed E-state index contributed by atoms with van der Waals surface area (Å²) >= 11 is 1.17. The van der Waals surface area contributed by atoms with E-state index in [1.165, 1.54) is 11.3 Å². The van der Waals surface area contributed by atoms with Crippen LogP contribution in [0.3, 0.4) is 0 Å². The van der Waals surface area contributed by atoms with Gasteiger partial charge in [-0.3, -0.25) is 14.2 Å². The highest BCUT2D eigenvalue weighted by Crippen LogP contribution is 2.26. The van der Waals surface area contributed by atoms with Crippen molar-refractivity contribution in [1.29, 1.82) is 0 Å². The van der Waals surface area contributed by atoms with Crippen molar-refractivity contribution in [2.24, 2.45) is 0 Å². The molecule has 0 aromatic carbocycles. The smallest absolute Gasteiger partial charge is 0.343 e. The van der Waals surface area contributed by atoms with Crippen LogP contribution < -0.4 is 10.6 Å². The van der Waals surface area contributed by atoms with Gasteiger partial charge in [-0.15, -0.1) is 0 Å². The molecule has 8 nitrogen and oxygen atoms in total. The summed E-state index contributed by atoms with van der Waals surface area (Å²) in [6.07, 6.45) is 1.94. The van der Waals surface area contributed by atoms with Gasteiger partial charge in [0.15, 0.2) is 0 Å². The molecule has 1 amide bonds. The molecule has 9 heteroatoms. The first-order valence-corrected chi connectivity index (χ1v) is 9.47. The fraction of sp³-hybridized carbons (Fsp3) is 0.625. The Bertz CT molecular complexity index is 854. The van der Waals surface area contributed by atoms with Crippen LogP contribution in [-0.4, -0.2) is 43.2 Å². The zero-order valence-corrected chi connectivity index (χ0v) is 15.3. The molecule has 2 aromatic heterocycles. The van der Waals surface area contributed by atoms with E-state index < -0.39 is 0 Å². The molecule has 0 aliphatic carbocycles. The number of carbonyl (C=O) groups excluding carboxylic acids is 1. The summed E-state index contributed by atoms with van der Waals surface area (Å²) in [5, 5.41) is 8.48. The minimum Gasteiger partial charge on any atom is -0.343 e. The summed E-state index contributed by atoms with van der Waals surface area (Å²) in [7, 11) is 0. The molecule has 0 bridgehead atoms. The largest absolute Gasteiger partial charge is 0.343 e. The zero-order chi connectivity index (χ0) is 18.0. The highest BCUT2D eigenvalue weighted by molar-refractivity contribution is 7.07. The van der Waals surface area contributed by atoms with Crippen LogP contribution in [-0.2, 0) is 17.9 Å². The first-order valence-electron chi connectivity index (χ1n) is 8.59. The number of H-pyrrole nitrogens is 1. The Hall–Kier alpha value is -2.16. The maximum atomic E-state index is 12.4. The van der Waals surface area contributed by atoms with Crippen LogP contribution in [0.1, 0.15) is 43.6 Å². The molecule has 0 unspecified atom stereocenters. The Morgan fingerprint density at radius 3 is 2.64 bits per heavy atom. The van der Waals surface area contributed by atoms with Gasteiger partial charge in [0.05, 0.1) is 0 Å². The minimum atomic E-state index is -0.174. The lowest BCUT2D eigenvalue weighted by Gasteiger charge is -2.31. The number of aromatic amines is 1. The summed E-state index contributed by atoms with van der Waals surface area (Å²) in [6.45, 7) is 6.15. The van der Waals surface area contributed by atoms with Crippen LogP contribution in [0.4, 0.5) is 0 Å². The number of piperidine rings is 1. The van der Waals surface area contributed by atoms with Crippen LogP contribution in [0.5, 0.6) is 0 Å². The third-order valence-corrected chi connectivity index (χ3v) is 5.72. The average molecular weight is 365 g/mol. The second kappa shape index (κ2) is 7.38. The molecule has 1 fully saturated rings. The van der Waals surface area contributed by atoms with Crippen molar-refractivity contribution in [2.45, 2.75) is 52.1 Å². The standard InChI is InChI=1S/C16H23N5O3S/c1-3-20-14(17-18-15(20)23)12-4-7-19(8-5-12)13(22)6-9-21-11(2)10-25-16(21)24/h10,12H,3-9H2,1-2H3,(H,18,23). The Kier molecular flexibility index (Phi) is 5.22. The number of thiazole rings is 1. The number of rotatable bonds is 5. The lowest BCUT2D eigenvalue weighted by molar-refractivity contribution is -0.132. The van der Waals surface area contributed by atoms with E-state index in [1.807, 2.05) is 24.1 Å². The number of hydrogen-bond donors (Lipinski definition) is 1. The van der Waals surface area contributed by atoms with Crippen molar-refractivity contribution in [1.82, 2.24) is 24.2 Å². The molecule has 1 aliphatic rings. The summed E-state index contributed by atoms with van der Waals surface area (Å²) in [6, 6.07) is 0. The molecule has 1 saturated heterocycles. The molecule has 25 heavy (non-hydrogen) atoms. The number of hydrogen-bond acceptors (Lipinski definition) is 5. The van der Waals surface area contributed by atoms with Gasteiger partial charge in [-0.2, -0.15) is 5.10 Å². The number of carbonyl (C=O) groups is 1. The van der Waals surface area contributed by atoms with Crippen LogP contribution in [0, 0.1) is 6.92 Å². The Labute approximate surface area is 149 Å². The average Bonchev–Trinajstić information content (AvgIpc) is 3.15. The Morgan fingerprint density at radius 2 is 2.04 bits per heavy atom. The molecule has 3 heterocycles. The number of amides is 1. The summed E-state index contributed by atoms with van der Waals surface area (Å²) in [5.74, 6) is 1.07. The van der Waals surface area contributed by atoms with Crippen LogP contribution in [0.2, 0.25) is 0 Å². The SMILES string of the molecule is CCn1c(C2CCN(C(=O)CCn3c(C)csc3=O)CC2)n[nH]c1=O. The molecule has 136 valence electrons. The third-order valence-electron chi connectivity index (χ3n) is 4.84. The first-order chi connectivity index (χ1) is 12.0. The third kappa shape index (κ3) is 3.60. The van der Waals surface area contributed by atoms with Gasteiger partial charge in [0.25, 0.3) is 0 Å². The predicted molar refractivity (Wildman–Crippen MR) is 95.0 cm³/mol. The van der Waals surface area contributed by atoms with E-state index >= 15 is 0 Å². The van der Waals surface area contributed by atoms with Crippen molar-refractivity contribution in [3.63, 3.8) is 0 Å². The van der Waals surface area contributed by atoms with Crippen LogP contribution >= 0.6 is 11.3 Å². The lowest BCUT2D eigenvalue weighted by atomic mass is 9.95. The van der Waals surface area contributed by atoms with E-state index in [4.69, 9.17) is 0 Å². The molecular formula is C16H23N5O3S. The van der Waals surface area contributed by atoms with Gasteiger partial charge in [0, 0.05) is 49.6 Å². The second-order valence-electron chi connectivity index (χ2n) is 6.33. The highest BCUT2D eigenvalue weighted by atomic mass is 32.1. The van der Waals surface area contributed by atoms with Crippen molar-refractivity contribution in [3.05, 3.63) is 37.1 Å². The lowest BCUT2D eigenvalue weighted by Crippen LogP contribution is -2.39. The molecule has 1 N–H and O–H groups in total. The molecule has 0 spiro atoms. The van der Waals surface area contributed by atoms with E-state index in [1.54, 1.807) is 9.13 Å². The Balaban J connectivity index is 1.56. The van der Waals surface area contributed by atoms with Gasteiger partial charge < -0.3 is 9.47 Å². The van der Waals surface area contributed by atoms with Gasteiger partial charge >= 0.3 is 10.6 Å². The molecule has 1 aliphatic heterocycles. The van der Waals surface area contributed by atoms with E-state index in [0.29, 0.717) is 32.6 Å². The van der Waals surface area contributed by atoms with Gasteiger partial charge in [-0.05, 0) is 26.7 Å². The molecule has 0 atom stereocenters. The van der Waals surface area contributed by atoms with Crippen LogP contribution in [0.25, 0.3) is 0 Å². The number of nitrogens with one attached hydrogen (secondary N) is 1. The number of nitrogens with zero attached hydrogens (tertiary/aromatic N) is 4. The normalized spacial score (nSPS) is 15.7. The summed E-state index contributed by atoms with van der Waals surface area (Å²) in [5.41, 5.74) is 0.727. The first kappa shape index (κ1) is 17.7. The van der Waals surface area contributed by atoms with Crippen molar-refractivity contribution >= 4 is 17.2 Å². The fourth-order valence-electron chi connectivity index (χ4n) is 3.37. The number of aromatic nitrogens is 4. The second-order valence-corrected chi connectivity index (χ2v) is 7.15. The van der Waals surface area contributed by atoms with Gasteiger partial charge in [-0.25, -0.2) is 9.89 Å². The maximum absolute atomic E-state index is 12.4. The fourth-order valence-corrected chi connectivity index (χ4v) is 4.14. The molecule has 0 radical (unpaired) electrons. The van der Waals surface area contributed by atoms with Crippen molar-refractivity contribution in [3.8, 4) is 0 Å². The monoisotopic (exact) mass is 365 g/mol. The van der Waals surface area contributed by atoms with Crippen LogP contribution in [0.15, 0.2) is 15.0 Å². The zero-order valence-electron chi connectivity index (χ0n) is 14.5. The van der Waals surface area contributed by atoms with E-state index in [0.717, 1.165) is 24.4 Å². The van der Waals surface area contributed by atoms with Crippen molar-refractivity contribution < 1.29 is 4.79 Å². The van der Waals surface area contributed by atoms with Crippen molar-refractivity contribution in [2.75, 3.05) is 13.1 Å². The van der Waals surface area contributed by atoms with E-state index in [2.05, 4.69) is 10.2 Å². The summed E-state index contributed by atoms with van der Waals surface area (Å²) < 4.78 is 3.31. The summed E-state index contributed by atoms with van der Waals surface area (Å²) in [4.78, 5) is 37.7. The minimum absolute atomic E-state index is 0.0138. The highest BCUT2D eigenvalue weighted by Gasteiger charge is 2.27. The molecule has 2 aromatic rings. The molecule has 3 rings (SSSR count).